The Balaban J connectivity index is 1.65. The highest BCUT2D eigenvalue weighted by Gasteiger charge is 2.21. The molecule has 0 amide bonds. The van der Waals surface area contributed by atoms with Gasteiger partial charge in [0.25, 0.3) is 5.88 Å². The van der Waals surface area contributed by atoms with Crippen LogP contribution in [0.15, 0.2) is 52.2 Å². The molecule has 0 atom stereocenters. The number of halogens is 1. The molecule has 0 saturated carbocycles. The minimum atomic E-state index is 0.327. The van der Waals surface area contributed by atoms with Crippen LogP contribution in [0.1, 0.15) is 5.56 Å². The fourth-order valence-corrected chi connectivity index (χ4v) is 3.43. The molecule has 3 aromatic rings. The zero-order valence-corrected chi connectivity index (χ0v) is 19.8. The Labute approximate surface area is 199 Å². The fourth-order valence-electron chi connectivity index (χ4n) is 3.03. The van der Waals surface area contributed by atoms with Gasteiger partial charge in [-0.15, -0.1) is 0 Å². The van der Waals surface area contributed by atoms with Crippen LogP contribution in [0, 0.1) is 0 Å². The van der Waals surface area contributed by atoms with Crippen LogP contribution < -0.4 is 19.5 Å². The maximum Gasteiger partial charge on any atom is 0.250 e. The smallest absolute Gasteiger partial charge is 0.250 e. The molecule has 1 N–H and O–H groups in total. The number of benzene rings is 2. The van der Waals surface area contributed by atoms with Crippen molar-refractivity contribution in [1.82, 2.24) is 9.97 Å². The fraction of sp³-hybridized carbons (Fsp3) is 0.261. The Hall–Kier alpha value is -3.21. The van der Waals surface area contributed by atoms with Crippen LogP contribution in [0.3, 0.4) is 0 Å². The van der Waals surface area contributed by atoms with E-state index in [9.17, 15) is 0 Å². The largest absolute Gasteiger partial charge is 0.487 e. The number of hydrogen-bond acceptors (Lipinski definition) is 9. The second-order valence-corrected chi connectivity index (χ2v) is 7.81. The third-order valence-electron chi connectivity index (χ3n) is 4.58. The number of nitrogens with one attached hydrogen (secondary N) is 1. The van der Waals surface area contributed by atoms with E-state index >= 15 is 0 Å². The number of anilines is 2. The van der Waals surface area contributed by atoms with E-state index in [0.29, 0.717) is 66.6 Å². The van der Waals surface area contributed by atoms with Gasteiger partial charge in [-0.25, -0.2) is 9.98 Å². The summed E-state index contributed by atoms with van der Waals surface area (Å²) in [5.41, 5.74) is 2.05. The van der Waals surface area contributed by atoms with E-state index < -0.39 is 0 Å². The predicted octanol–water partition coefficient (Wildman–Crippen LogP) is 4.89. The van der Waals surface area contributed by atoms with E-state index in [1.54, 1.807) is 26.5 Å². The van der Waals surface area contributed by atoms with Crippen molar-refractivity contribution in [2.24, 2.45) is 4.99 Å². The first-order valence-electron chi connectivity index (χ1n) is 10.2. The summed E-state index contributed by atoms with van der Waals surface area (Å²) in [4.78, 5) is 13.2. The van der Waals surface area contributed by atoms with Crippen LogP contribution in [-0.4, -0.2) is 56.8 Å². The van der Waals surface area contributed by atoms with Crippen LogP contribution in [0.25, 0.3) is 0 Å². The molecule has 0 bridgehead atoms. The highest BCUT2D eigenvalue weighted by Crippen LogP contribution is 2.42. The molecule has 33 heavy (non-hydrogen) atoms. The molecule has 0 radical (unpaired) electrons. The number of aromatic nitrogens is 2. The third-order valence-corrected chi connectivity index (χ3v) is 5.07. The van der Waals surface area contributed by atoms with Gasteiger partial charge in [0.2, 0.25) is 0 Å². The standard InChI is InChI=1S/C23H23BrN4O5/c1-29-6-8-31-19-10-15-13-25-21-22(28-17-5-3-4-16(24)11-17)26-14-27-23(21)33-18(15)12-20(19)32-9-7-30-2/h3-5,10-14H,6-9H2,1-2H3,(H,26,27,28). The predicted molar refractivity (Wildman–Crippen MR) is 128 cm³/mol. The van der Waals surface area contributed by atoms with E-state index in [0.717, 1.165) is 10.2 Å². The highest BCUT2D eigenvalue weighted by molar-refractivity contribution is 9.10. The molecule has 4 rings (SSSR count). The maximum absolute atomic E-state index is 6.12. The number of methoxy groups -OCH3 is 2. The first-order chi connectivity index (χ1) is 16.2. The lowest BCUT2D eigenvalue weighted by molar-refractivity contribution is 0.132. The molecule has 2 aromatic carbocycles. The van der Waals surface area contributed by atoms with Crippen molar-refractivity contribution in [2.75, 3.05) is 46.0 Å². The van der Waals surface area contributed by atoms with E-state index in [-0.39, 0.29) is 0 Å². The molecule has 0 saturated heterocycles. The molecule has 1 aliphatic heterocycles. The average Bonchev–Trinajstić information content (AvgIpc) is 2.99. The summed E-state index contributed by atoms with van der Waals surface area (Å²) < 4.78 is 28.9. The molecule has 2 heterocycles. The second-order valence-electron chi connectivity index (χ2n) is 6.89. The summed E-state index contributed by atoms with van der Waals surface area (Å²) in [6, 6.07) is 11.3. The van der Waals surface area contributed by atoms with Crippen molar-refractivity contribution in [3.63, 3.8) is 0 Å². The van der Waals surface area contributed by atoms with E-state index in [1.165, 1.54) is 6.33 Å². The molecule has 9 nitrogen and oxygen atoms in total. The maximum atomic E-state index is 6.12. The number of ether oxygens (including phenoxy) is 5. The second kappa shape index (κ2) is 11.1. The summed E-state index contributed by atoms with van der Waals surface area (Å²) in [5, 5.41) is 3.27. The van der Waals surface area contributed by atoms with Crippen molar-refractivity contribution in [3.05, 3.63) is 52.8 Å². The lowest BCUT2D eigenvalue weighted by atomic mass is 10.2. The van der Waals surface area contributed by atoms with Gasteiger partial charge < -0.3 is 29.0 Å². The van der Waals surface area contributed by atoms with Crippen LogP contribution in [0.2, 0.25) is 0 Å². The van der Waals surface area contributed by atoms with Gasteiger partial charge in [0, 0.05) is 42.2 Å². The number of nitrogens with zero attached hydrogens (tertiary/aromatic N) is 3. The Morgan fingerprint density at radius 3 is 2.42 bits per heavy atom. The van der Waals surface area contributed by atoms with Crippen molar-refractivity contribution < 1.29 is 23.7 Å². The number of hydrogen-bond donors (Lipinski definition) is 1. The van der Waals surface area contributed by atoms with Gasteiger partial charge in [-0.05, 0) is 24.3 Å². The minimum absolute atomic E-state index is 0.327. The lowest BCUT2D eigenvalue weighted by Crippen LogP contribution is -2.09. The van der Waals surface area contributed by atoms with Gasteiger partial charge in [-0.3, -0.25) is 0 Å². The highest BCUT2D eigenvalue weighted by atomic mass is 79.9. The lowest BCUT2D eigenvalue weighted by Gasteiger charge is -2.15. The Morgan fingerprint density at radius 2 is 1.70 bits per heavy atom. The van der Waals surface area contributed by atoms with Gasteiger partial charge in [0.05, 0.1) is 13.2 Å². The number of fused-ring (bicyclic) bond motifs is 2. The summed E-state index contributed by atoms with van der Waals surface area (Å²) in [7, 11) is 3.24. The van der Waals surface area contributed by atoms with E-state index in [2.05, 4.69) is 36.2 Å². The number of rotatable bonds is 10. The first kappa shape index (κ1) is 23.0. The van der Waals surface area contributed by atoms with Gasteiger partial charge in [0.1, 0.15) is 25.3 Å². The number of aliphatic imine (C=N–C) groups is 1. The summed E-state index contributed by atoms with van der Waals surface area (Å²) in [6.45, 7) is 1.63. The summed E-state index contributed by atoms with van der Waals surface area (Å²) >= 11 is 3.47. The molecule has 1 aromatic heterocycles. The molecule has 1 aliphatic rings. The van der Waals surface area contributed by atoms with Crippen molar-refractivity contribution in [2.45, 2.75) is 0 Å². The molecule has 172 valence electrons. The molecular formula is C23H23BrN4O5. The van der Waals surface area contributed by atoms with Crippen LogP contribution in [0.4, 0.5) is 17.2 Å². The van der Waals surface area contributed by atoms with Crippen LogP contribution in [0.5, 0.6) is 23.1 Å². The van der Waals surface area contributed by atoms with Gasteiger partial charge in [0.15, 0.2) is 23.0 Å². The average molecular weight is 515 g/mol. The third kappa shape index (κ3) is 5.78. The van der Waals surface area contributed by atoms with Crippen LogP contribution >= 0.6 is 15.9 Å². The summed E-state index contributed by atoms with van der Waals surface area (Å²) in [5.74, 6) is 2.47. The Morgan fingerprint density at radius 1 is 0.939 bits per heavy atom. The normalized spacial score (nSPS) is 11.7. The first-order valence-corrected chi connectivity index (χ1v) is 11.0. The molecule has 10 heteroatoms. The topological polar surface area (TPSA) is 96.3 Å². The molecular weight excluding hydrogens is 492 g/mol. The van der Waals surface area contributed by atoms with Gasteiger partial charge in [-0.2, -0.15) is 4.98 Å². The quantitative estimate of drug-likeness (QED) is 0.299. The molecule has 0 unspecified atom stereocenters. The SMILES string of the molecule is COCCOc1cc2c(cc1OCCOC)Oc1ncnc(Nc3cccc(Br)c3)c1N=C2. The van der Waals surface area contributed by atoms with E-state index in [4.69, 9.17) is 23.7 Å². The molecule has 0 aliphatic carbocycles. The summed E-state index contributed by atoms with van der Waals surface area (Å²) in [6.07, 6.45) is 3.12. The van der Waals surface area contributed by atoms with Crippen molar-refractivity contribution >= 4 is 39.3 Å². The van der Waals surface area contributed by atoms with E-state index in [1.807, 2.05) is 30.3 Å². The molecule has 0 spiro atoms. The monoisotopic (exact) mass is 514 g/mol. The Kier molecular flexibility index (Phi) is 7.71. The minimum Gasteiger partial charge on any atom is -0.487 e. The van der Waals surface area contributed by atoms with Crippen molar-refractivity contribution in [3.8, 4) is 23.1 Å². The zero-order chi connectivity index (χ0) is 23.0. The van der Waals surface area contributed by atoms with Crippen LogP contribution in [-0.2, 0) is 9.47 Å². The van der Waals surface area contributed by atoms with Gasteiger partial charge >= 0.3 is 0 Å². The van der Waals surface area contributed by atoms with Crippen molar-refractivity contribution in [1.29, 1.82) is 0 Å². The molecule has 0 fully saturated rings. The Bertz CT molecular complexity index is 1140. The zero-order valence-electron chi connectivity index (χ0n) is 18.2. The van der Waals surface area contributed by atoms with Gasteiger partial charge in [-0.1, -0.05) is 22.0 Å².